The molecule has 4 aromatic heterocycles. The Balaban J connectivity index is 1.87. The summed E-state index contributed by atoms with van der Waals surface area (Å²) < 4.78 is 3.09. The van der Waals surface area contributed by atoms with Gasteiger partial charge in [-0.15, -0.1) is 15.3 Å². The zero-order valence-corrected chi connectivity index (χ0v) is 15.9. The fraction of sp³-hybridized carbons (Fsp3) is 0.278. The second-order valence-electron chi connectivity index (χ2n) is 7.24. The van der Waals surface area contributed by atoms with E-state index in [4.69, 9.17) is 6.57 Å². The summed E-state index contributed by atoms with van der Waals surface area (Å²) in [5.41, 5.74) is 2.07. The largest absolute Gasteiger partial charge is 0.277 e. The number of rotatable bonds is 3. The molecule has 0 aromatic carbocycles. The SMILES string of the molecule is [C-]#[N+]c1cnn(-c2ccccn2)c1N=Nc1c(C(C)(C)C)[nH]n2nc(C)nc12. The Morgan fingerprint density at radius 2 is 2.04 bits per heavy atom. The first-order valence-corrected chi connectivity index (χ1v) is 8.63. The molecule has 10 nitrogen and oxygen atoms in total. The van der Waals surface area contributed by atoms with Crippen LogP contribution in [-0.4, -0.2) is 34.6 Å². The first-order valence-electron chi connectivity index (χ1n) is 8.63. The number of aromatic nitrogens is 7. The van der Waals surface area contributed by atoms with Gasteiger partial charge in [0.25, 0.3) is 5.69 Å². The first-order chi connectivity index (χ1) is 13.4. The van der Waals surface area contributed by atoms with E-state index in [9.17, 15) is 0 Å². The van der Waals surface area contributed by atoms with E-state index < -0.39 is 0 Å². The van der Waals surface area contributed by atoms with Gasteiger partial charge < -0.3 is 0 Å². The molecule has 0 radical (unpaired) electrons. The number of hydrogen-bond donors (Lipinski definition) is 1. The van der Waals surface area contributed by atoms with Crippen molar-refractivity contribution in [2.24, 2.45) is 10.2 Å². The second-order valence-corrected chi connectivity index (χ2v) is 7.24. The monoisotopic (exact) mass is 374 g/mol. The van der Waals surface area contributed by atoms with Gasteiger partial charge in [0.05, 0.1) is 18.5 Å². The highest BCUT2D eigenvalue weighted by Crippen LogP contribution is 2.36. The lowest BCUT2D eigenvalue weighted by Crippen LogP contribution is -2.12. The van der Waals surface area contributed by atoms with Gasteiger partial charge in [-0.05, 0) is 19.1 Å². The third-order valence-corrected chi connectivity index (χ3v) is 4.09. The molecular weight excluding hydrogens is 356 g/mol. The summed E-state index contributed by atoms with van der Waals surface area (Å²) in [5, 5.41) is 20.6. The van der Waals surface area contributed by atoms with Crippen LogP contribution in [0.25, 0.3) is 16.3 Å². The smallest absolute Gasteiger partial charge is 0.252 e. The minimum atomic E-state index is -0.228. The van der Waals surface area contributed by atoms with Gasteiger partial charge in [0, 0.05) is 11.6 Å². The number of aromatic amines is 1. The number of nitrogens with one attached hydrogen (secondary N) is 1. The van der Waals surface area contributed by atoms with Gasteiger partial charge in [-0.25, -0.2) is 19.5 Å². The van der Waals surface area contributed by atoms with E-state index in [2.05, 4.69) is 61.1 Å². The number of nitrogens with zero attached hydrogens (tertiary/aromatic N) is 9. The summed E-state index contributed by atoms with van der Waals surface area (Å²) in [6, 6.07) is 5.44. The van der Waals surface area contributed by atoms with Crippen LogP contribution in [0.3, 0.4) is 0 Å². The molecule has 4 rings (SSSR count). The standard InChI is InChI=1S/C18H18N10/c1-11-22-17-14(15(18(2,3)4)26-28(17)25-11)23-24-16-12(19-5)10-21-27(16)13-8-6-7-9-20-13/h6-10,26H,1-4H3. The predicted octanol–water partition coefficient (Wildman–Crippen LogP) is 4.21. The summed E-state index contributed by atoms with van der Waals surface area (Å²) in [7, 11) is 0. The van der Waals surface area contributed by atoms with E-state index in [0.717, 1.165) is 5.69 Å². The highest BCUT2D eigenvalue weighted by atomic mass is 15.5. The number of azo groups is 1. The van der Waals surface area contributed by atoms with Crippen LogP contribution in [0.15, 0.2) is 40.8 Å². The van der Waals surface area contributed by atoms with Crippen LogP contribution < -0.4 is 0 Å². The average molecular weight is 374 g/mol. The van der Waals surface area contributed by atoms with Crippen molar-refractivity contribution in [1.82, 2.24) is 34.6 Å². The van der Waals surface area contributed by atoms with Crippen molar-refractivity contribution in [1.29, 1.82) is 0 Å². The molecule has 4 aromatic rings. The Morgan fingerprint density at radius 1 is 1.21 bits per heavy atom. The van der Waals surface area contributed by atoms with Gasteiger partial charge in [-0.2, -0.15) is 9.73 Å². The third kappa shape index (κ3) is 2.92. The summed E-state index contributed by atoms with van der Waals surface area (Å²) in [6.45, 7) is 15.4. The van der Waals surface area contributed by atoms with Gasteiger partial charge in [0.1, 0.15) is 5.82 Å². The van der Waals surface area contributed by atoms with Crippen LogP contribution in [0.4, 0.5) is 17.2 Å². The molecule has 10 heteroatoms. The van der Waals surface area contributed by atoms with Gasteiger partial charge in [-0.1, -0.05) is 26.8 Å². The fourth-order valence-corrected chi connectivity index (χ4v) is 2.78. The molecule has 0 bridgehead atoms. The Morgan fingerprint density at radius 3 is 2.71 bits per heavy atom. The summed E-state index contributed by atoms with van der Waals surface area (Å²) in [6.07, 6.45) is 3.11. The zero-order chi connectivity index (χ0) is 19.9. The van der Waals surface area contributed by atoms with Crippen molar-refractivity contribution in [2.45, 2.75) is 33.1 Å². The maximum atomic E-state index is 7.41. The number of pyridine rings is 1. The van der Waals surface area contributed by atoms with E-state index in [1.807, 2.05) is 19.1 Å². The minimum Gasteiger partial charge on any atom is -0.277 e. The van der Waals surface area contributed by atoms with Crippen LogP contribution in [-0.2, 0) is 5.41 Å². The maximum Gasteiger partial charge on any atom is 0.252 e. The first kappa shape index (κ1) is 17.5. The Bertz CT molecular complexity index is 1210. The lowest BCUT2D eigenvalue weighted by atomic mass is 9.91. The molecule has 140 valence electrons. The maximum absolute atomic E-state index is 7.41. The summed E-state index contributed by atoms with van der Waals surface area (Å²) >= 11 is 0. The highest BCUT2D eigenvalue weighted by Gasteiger charge is 2.25. The van der Waals surface area contributed by atoms with Crippen LogP contribution in [0.2, 0.25) is 0 Å². The van der Waals surface area contributed by atoms with E-state index >= 15 is 0 Å². The predicted molar refractivity (Wildman–Crippen MR) is 103 cm³/mol. The van der Waals surface area contributed by atoms with Crippen LogP contribution in [0, 0.1) is 13.5 Å². The molecule has 0 fully saturated rings. The lowest BCUT2D eigenvalue weighted by Gasteiger charge is -2.16. The van der Waals surface area contributed by atoms with Crippen molar-refractivity contribution >= 4 is 22.8 Å². The fourth-order valence-electron chi connectivity index (χ4n) is 2.78. The van der Waals surface area contributed by atoms with Gasteiger partial charge in [0.15, 0.2) is 17.3 Å². The third-order valence-electron chi connectivity index (χ3n) is 4.09. The molecule has 0 aliphatic carbocycles. The lowest BCUT2D eigenvalue weighted by molar-refractivity contribution is 0.557. The van der Waals surface area contributed by atoms with Crippen molar-refractivity contribution in [3.8, 4) is 5.82 Å². The molecule has 0 unspecified atom stereocenters. The van der Waals surface area contributed by atoms with Gasteiger partial charge in [-0.3, -0.25) is 5.10 Å². The molecule has 4 heterocycles. The minimum absolute atomic E-state index is 0.228. The van der Waals surface area contributed by atoms with Crippen LogP contribution >= 0.6 is 0 Å². The molecule has 0 aliphatic heterocycles. The number of fused-ring (bicyclic) bond motifs is 1. The van der Waals surface area contributed by atoms with Crippen molar-refractivity contribution in [3.05, 3.63) is 53.5 Å². The van der Waals surface area contributed by atoms with E-state index in [0.29, 0.717) is 28.8 Å². The van der Waals surface area contributed by atoms with E-state index in [1.165, 1.54) is 10.9 Å². The second kappa shape index (κ2) is 6.38. The molecular formula is C18H18N10. The number of H-pyrrole nitrogens is 1. The van der Waals surface area contributed by atoms with Crippen LogP contribution in [0.5, 0.6) is 0 Å². The molecule has 0 saturated heterocycles. The Hall–Kier alpha value is -3.87. The van der Waals surface area contributed by atoms with Crippen molar-refractivity contribution in [2.75, 3.05) is 0 Å². The Kier molecular flexibility index (Phi) is 4.00. The van der Waals surface area contributed by atoms with Crippen molar-refractivity contribution in [3.63, 3.8) is 0 Å². The Labute approximate surface area is 160 Å². The van der Waals surface area contributed by atoms with Crippen molar-refractivity contribution < 1.29 is 0 Å². The molecule has 28 heavy (non-hydrogen) atoms. The van der Waals surface area contributed by atoms with Gasteiger partial charge >= 0.3 is 0 Å². The molecule has 0 amide bonds. The molecule has 0 spiro atoms. The number of aryl methyl sites for hydroxylation is 1. The normalized spacial score (nSPS) is 12.1. The van der Waals surface area contributed by atoms with E-state index in [-0.39, 0.29) is 11.1 Å². The topological polar surface area (TPSA) is 106 Å². The highest BCUT2D eigenvalue weighted by molar-refractivity contribution is 5.69. The molecule has 0 atom stereocenters. The summed E-state index contributed by atoms with van der Waals surface area (Å²) in [5.74, 6) is 1.49. The zero-order valence-electron chi connectivity index (χ0n) is 15.9. The summed E-state index contributed by atoms with van der Waals surface area (Å²) in [4.78, 5) is 12.2. The number of hydrogen-bond acceptors (Lipinski definition) is 6. The molecule has 1 N–H and O–H groups in total. The van der Waals surface area contributed by atoms with Crippen LogP contribution in [0.1, 0.15) is 32.3 Å². The van der Waals surface area contributed by atoms with Gasteiger partial charge in [0.2, 0.25) is 5.65 Å². The quantitative estimate of drug-likeness (QED) is 0.428. The van der Waals surface area contributed by atoms with E-state index in [1.54, 1.807) is 16.9 Å². The molecule has 0 aliphatic rings. The average Bonchev–Trinajstić information content (AvgIpc) is 3.32. The molecule has 0 saturated carbocycles.